The number of carbonyl (C=O) groups excluding carboxylic acids is 1. The van der Waals surface area contributed by atoms with Crippen LogP contribution < -0.4 is 0 Å². The van der Waals surface area contributed by atoms with Crippen LogP contribution in [0, 0.1) is 6.57 Å². The molecule has 6 nitrogen and oxygen atoms in total. The Bertz CT molecular complexity index is 1040. The molecule has 0 bridgehead atoms. The Balaban J connectivity index is 1.60. The van der Waals surface area contributed by atoms with Gasteiger partial charge in [-0.15, -0.1) is 5.10 Å². The Hall–Kier alpha value is -3.34. The number of rotatable bonds is 2. The quantitative estimate of drug-likeness (QED) is 0.647. The second-order valence-corrected chi connectivity index (χ2v) is 6.48. The van der Waals surface area contributed by atoms with Gasteiger partial charge in [0.15, 0.2) is 5.69 Å². The van der Waals surface area contributed by atoms with Crippen LogP contribution in [0.3, 0.4) is 0 Å². The number of carbonyl (C=O) groups is 1. The van der Waals surface area contributed by atoms with Crippen molar-refractivity contribution < 1.29 is 13.6 Å². The van der Waals surface area contributed by atoms with Crippen molar-refractivity contribution in [1.29, 1.82) is 0 Å². The lowest BCUT2D eigenvalue weighted by atomic mass is 10.1. The van der Waals surface area contributed by atoms with Crippen molar-refractivity contribution in [1.82, 2.24) is 19.9 Å². The fourth-order valence-electron chi connectivity index (χ4n) is 3.14. The fraction of sp³-hybridized carbons (Fsp3) is 0.263. The predicted molar refractivity (Wildman–Crippen MR) is 95.2 cm³/mol. The normalized spacial score (nSPS) is 16.3. The third kappa shape index (κ3) is 3.24. The van der Waals surface area contributed by atoms with Crippen molar-refractivity contribution in [2.24, 2.45) is 0 Å². The molecule has 136 valence electrons. The molecule has 1 saturated heterocycles. The van der Waals surface area contributed by atoms with Gasteiger partial charge >= 0.3 is 0 Å². The SMILES string of the molecule is [C-]#[N+]c1ccc(-n2nnc3cc(C(=O)N4CCC(F)(F)CC4)ccc32)cc1. The van der Waals surface area contributed by atoms with Crippen LogP contribution in [-0.4, -0.2) is 44.8 Å². The minimum Gasteiger partial charge on any atom is -0.338 e. The maximum absolute atomic E-state index is 13.3. The molecule has 0 N–H and O–H groups in total. The molecule has 1 aromatic heterocycles. The topological polar surface area (TPSA) is 55.4 Å². The van der Waals surface area contributed by atoms with Crippen LogP contribution in [0.15, 0.2) is 42.5 Å². The third-order valence-electron chi connectivity index (χ3n) is 4.70. The summed E-state index contributed by atoms with van der Waals surface area (Å²) in [6.45, 7) is 7.09. The van der Waals surface area contributed by atoms with E-state index in [1.165, 1.54) is 4.90 Å². The van der Waals surface area contributed by atoms with E-state index >= 15 is 0 Å². The summed E-state index contributed by atoms with van der Waals surface area (Å²) < 4.78 is 28.2. The van der Waals surface area contributed by atoms with Crippen molar-refractivity contribution in [2.75, 3.05) is 13.1 Å². The molecule has 1 amide bonds. The molecule has 8 heteroatoms. The van der Waals surface area contributed by atoms with E-state index in [9.17, 15) is 13.6 Å². The van der Waals surface area contributed by atoms with E-state index in [-0.39, 0.29) is 31.8 Å². The van der Waals surface area contributed by atoms with Gasteiger partial charge in [0.25, 0.3) is 11.8 Å². The van der Waals surface area contributed by atoms with E-state index in [2.05, 4.69) is 15.2 Å². The van der Waals surface area contributed by atoms with Crippen LogP contribution in [0.5, 0.6) is 0 Å². The molecule has 27 heavy (non-hydrogen) atoms. The van der Waals surface area contributed by atoms with Crippen LogP contribution in [0.1, 0.15) is 23.2 Å². The zero-order valence-electron chi connectivity index (χ0n) is 14.3. The standard InChI is InChI=1S/C19H15F2N5O/c1-22-14-3-5-15(6-4-14)26-17-7-2-13(12-16(17)23-24-26)18(27)25-10-8-19(20,21)9-11-25/h2-7,12H,8-11H2. The Morgan fingerprint density at radius 1 is 1.11 bits per heavy atom. The Kier molecular flexibility index (Phi) is 4.07. The molecule has 4 rings (SSSR count). The highest BCUT2D eigenvalue weighted by molar-refractivity contribution is 5.97. The van der Waals surface area contributed by atoms with Crippen molar-refractivity contribution in [3.8, 4) is 5.69 Å². The van der Waals surface area contributed by atoms with Crippen LogP contribution >= 0.6 is 0 Å². The molecule has 0 aliphatic carbocycles. The number of hydrogen-bond donors (Lipinski definition) is 0. The lowest BCUT2D eigenvalue weighted by Gasteiger charge is -2.31. The largest absolute Gasteiger partial charge is 0.338 e. The lowest BCUT2D eigenvalue weighted by molar-refractivity contribution is -0.0494. The minimum absolute atomic E-state index is 0.0456. The van der Waals surface area contributed by atoms with E-state index in [4.69, 9.17) is 6.57 Å². The predicted octanol–water partition coefficient (Wildman–Crippen LogP) is 3.84. The van der Waals surface area contributed by atoms with E-state index in [1.54, 1.807) is 47.1 Å². The summed E-state index contributed by atoms with van der Waals surface area (Å²) in [5, 5.41) is 8.23. The first-order valence-corrected chi connectivity index (χ1v) is 8.47. The Morgan fingerprint density at radius 2 is 1.81 bits per heavy atom. The van der Waals surface area contributed by atoms with E-state index in [0.717, 1.165) is 5.69 Å². The summed E-state index contributed by atoms with van der Waals surface area (Å²) >= 11 is 0. The summed E-state index contributed by atoms with van der Waals surface area (Å²) in [4.78, 5) is 17.4. The number of alkyl halides is 2. The molecule has 0 atom stereocenters. The molecule has 1 aliphatic rings. The number of aromatic nitrogens is 3. The molecule has 0 spiro atoms. The van der Waals surface area contributed by atoms with Gasteiger partial charge in [-0.05, 0) is 30.3 Å². The number of amides is 1. The van der Waals surface area contributed by atoms with Gasteiger partial charge in [0.1, 0.15) is 5.52 Å². The van der Waals surface area contributed by atoms with Gasteiger partial charge < -0.3 is 4.90 Å². The number of fused-ring (bicyclic) bond motifs is 1. The van der Waals surface area contributed by atoms with Gasteiger partial charge in [0.05, 0.1) is 17.8 Å². The number of hydrogen-bond acceptors (Lipinski definition) is 3. The highest BCUT2D eigenvalue weighted by atomic mass is 19.3. The minimum atomic E-state index is -2.69. The maximum atomic E-state index is 13.3. The van der Waals surface area contributed by atoms with E-state index in [0.29, 0.717) is 22.3 Å². The Labute approximate surface area is 153 Å². The number of nitrogens with zero attached hydrogens (tertiary/aromatic N) is 5. The van der Waals surface area contributed by atoms with Crippen LogP contribution in [0.4, 0.5) is 14.5 Å². The van der Waals surface area contributed by atoms with Crippen LogP contribution in [0.2, 0.25) is 0 Å². The van der Waals surface area contributed by atoms with Crippen molar-refractivity contribution in [2.45, 2.75) is 18.8 Å². The maximum Gasteiger partial charge on any atom is 0.253 e. The lowest BCUT2D eigenvalue weighted by Crippen LogP contribution is -2.42. The number of likely N-dealkylation sites (tertiary alicyclic amines) is 1. The van der Waals surface area contributed by atoms with Gasteiger partial charge in [-0.3, -0.25) is 4.79 Å². The number of piperidine rings is 1. The van der Waals surface area contributed by atoms with Crippen LogP contribution in [0.25, 0.3) is 21.6 Å². The van der Waals surface area contributed by atoms with Gasteiger partial charge in [-0.1, -0.05) is 17.3 Å². The molecule has 2 heterocycles. The van der Waals surface area contributed by atoms with Gasteiger partial charge in [0, 0.05) is 31.5 Å². The van der Waals surface area contributed by atoms with Crippen molar-refractivity contribution in [3.05, 3.63) is 59.4 Å². The second kappa shape index (κ2) is 6.43. The van der Waals surface area contributed by atoms with Crippen molar-refractivity contribution >= 4 is 22.6 Å². The summed E-state index contributed by atoms with van der Waals surface area (Å²) in [6.07, 6.45) is -0.616. The molecule has 2 aromatic carbocycles. The van der Waals surface area contributed by atoms with E-state index < -0.39 is 5.92 Å². The molecule has 1 aliphatic heterocycles. The highest BCUT2D eigenvalue weighted by Gasteiger charge is 2.35. The highest BCUT2D eigenvalue weighted by Crippen LogP contribution is 2.29. The molecule has 3 aromatic rings. The Morgan fingerprint density at radius 3 is 2.48 bits per heavy atom. The summed E-state index contributed by atoms with van der Waals surface area (Å²) in [7, 11) is 0. The molecule has 0 unspecified atom stereocenters. The summed E-state index contributed by atoms with van der Waals surface area (Å²) in [6, 6.07) is 12.0. The zero-order chi connectivity index (χ0) is 19.0. The smallest absolute Gasteiger partial charge is 0.253 e. The van der Waals surface area contributed by atoms with Gasteiger partial charge in [-0.25, -0.2) is 18.3 Å². The average molecular weight is 367 g/mol. The molecular weight excluding hydrogens is 352 g/mol. The number of benzene rings is 2. The molecule has 1 fully saturated rings. The second-order valence-electron chi connectivity index (χ2n) is 6.48. The molecule has 0 radical (unpaired) electrons. The first-order chi connectivity index (χ1) is 13.0. The summed E-state index contributed by atoms with van der Waals surface area (Å²) in [5.74, 6) is -2.96. The first-order valence-electron chi connectivity index (χ1n) is 8.47. The monoisotopic (exact) mass is 367 g/mol. The van der Waals surface area contributed by atoms with E-state index in [1.807, 2.05) is 0 Å². The average Bonchev–Trinajstić information content (AvgIpc) is 3.10. The fourth-order valence-corrected chi connectivity index (χ4v) is 3.14. The summed E-state index contributed by atoms with van der Waals surface area (Å²) in [5.41, 5.74) is 2.94. The molecule has 0 saturated carbocycles. The first kappa shape index (κ1) is 17.1. The third-order valence-corrected chi connectivity index (χ3v) is 4.70. The molecular formula is C19H15F2N5O. The van der Waals surface area contributed by atoms with Crippen molar-refractivity contribution in [3.63, 3.8) is 0 Å². The van der Waals surface area contributed by atoms with Gasteiger partial charge in [0.2, 0.25) is 0 Å². The number of halogens is 2. The zero-order valence-corrected chi connectivity index (χ0v) is 14.3. The van der Waals surface area contributed by atoms with Gasteiger partial charge in [-0.2, -0.15) is 0 Å². The van der Waals surface area contributed by atoms with Crippen LogP contribution in [-0.2, 0) is 0 Å².